The standard InChI is InChI=1S/C16H17BrN2O2/c1-11-14(3-2-4-15(11)17)16(20)19-9-10-21-13-7-5-12(18)6-8-13/h2-8H,9-10,18H2,1H3,(H,19,20). The number of nitrogens with two attached hydrogens (primary N) is 1. The molecule has 0 aliphatic rings. The SMILES string of the molecule is Cc1c(Br)cccc1C(=O)NCCOc1ccc(N)cc1. The van der Waals surface area contributed by atoms with E-state index in [1.165, 1.54) is 0 Å². The van der Waals surface area contributed by atoms with Gasteiger partial charge in [0.25, 0.3) is 5.91 Å². The van der Waals surface area contributed by atoms with Gasteiger partial charge in [0.15, 0.2) is 0 Å². The Kier molecular flexibility index (Phi) is 5.22. The van der Waals surface area contributed by atoms with Crippen molar-refractivity contribution >= 4 is 27.5 Å². The summed E-state index contributed by atoms with van der Waals surface area (Å²) in [7, 11) is 0. The topological polar surface area (TPSA) is 64.3 Å². The normalized spacial score (nSPS) is 10.2. The van der Waals surface area contributed by atoms with Gasteiger partial charge in [-0.15, -0.1) is 0 Å². The molecule has 0 radical (unpaired) electrons. The van der Waals surface area contributed by atoms with Crippen LogP contribution in [0.3, 0.4) is 0 Å². The van der Waals surface area contributed by atoms with Crippen molar-refractivity contribution < 1.29 is 9.53 Å². The van der Waals surface area contributed by atoms with Crippen LogP contribution in [0.4, 0.5) is 5.69 Å². The molecule has 5 heteroatoms. The van der Waals surface area contributed by atoms with Gasteiger partial charge in [0, 0.05) is 15.7 Å². The Hall–Kier alpha value is -2.01. The van der Waals surface area contributed by atoms with Crippen LogP contribution < -0.4 is 15.8 Å². The summed E-state index contributed by atoms with van der Waals surface area (Å²) in [4.78, 5) is 12.1. The van der Waals surface area contributed by atoms with Crippen molar-refractivity contribution in [1.29, 1.82) is 0 Å². The summed E-state index contributed by atoms with van der Waals surface area (Å²) in [6, 6.07) is 12.7. The minimum atomic E-state index is -0.102. The molecule has 2 aromatic carbocycles. The Morgan fingerprint density at radius 2 is 1.95 bits per heavy atom. The molecule has 21 heavy (non-hydrogen) atoms. The second kappa shape index (κ2) is 7.13. The van der Waals surface area contributed by atoms with E-state index < -0.39 is 0 Å². The third-order valence-electron chi connectivity index (χ3n) is 3.05. The number of nitrogen functional groups attached to an aromatic ring is 1. The number of anilines is 1. The maximum Gasteiger partial charge on any atom is 0.251 e. The Morgan fingerprint density at radius 1 is 1.24 bits per heavy atom. The average molecular weight is 349 g/mol. The highest BCUT2D eigenvalue weighted by atomic mass is 79.9. The van der Waals surface area contributed by atoms with E-state index >= 15 is 0 Å². The van der Waals surface area contributed by atoms with E-state index in [9.17, 15) is 4.79 Å². The second-order valence-electron chi connectivity index (χ2n) is 4.59. The van der Waals surface area contributed by atoms with Crippen LogP contribution in [0.1, 0.15) is 15.9 Å². The Bertz CT molecular complexity index is 627. The first-order valence-corrected chi connectivity index (χ1v) is 7.39. The first-order chi connectivity index (χ1) is 10.1. The third kappa shape index (κ3) is 4.23. The van der Waals surface area contributed by atoms with Crippen LogP contribution in [0.25, 0.3) is 0 Å². The molecule has 0 saturated heterocycles. The average Bonchev–Trinajstić information content (AvgIpc) is 2.48. The van der Waals surface area contributed by atoms with Crippen molar-refractivity contribution in [3.63, 3.8) is 0 Å². The van der Waals surface area contributed by atoms with Crippen LogP contribution in [-0.4, -0.2) is 19.1 Å². The fraction of sp³-hybridized carbons (Fsp3) is 0.188. The van der Waals surface area contributed by atoms with E-state index in [4.69, 9.17) is 10.5 Å². The molecule has 3 N–H and O–H groups in total. The zero-order valence-electron chi connectivity index (χ0n) is 11.7. The first kappa shape index (κ1) is 15.4. The molecule has 0 aliphatic carbocycles. The molecule has 0 bridgehead atoms. The fourth-order valence-corrected chi connectivity index (χ4v) is 2.21. The summed E-state index contributed by atoms with van der Waals surface area (Å²) in [5.41, 5.74) is 7.88. The molecule has 2 rings (SSSR count). The summed E-state index contributed by atoms with van der Waals surface area (Å²) in [5.74, 6) is 0.631. The molecule has 0 unspecified atom stereocenters. The van der Waals surface area contributed by atoms with Gasteiger partial charge < -0.3 is 15.8 Å². The molecule has 0 heterocycles. The summed E-state index contributed by atoms with van der Waals surface area (Å²) in [6.07, 6.45) is 0. The predicted octanol–water partition coefficient (Wildman–Crippen LogP) is 3.15. The molecular formula is C16H17BrN2O2. The lowest BCUT2D eigenvalue weighted by Gasteiger charge is -2.10. The molecule has 0 aliphatic heterocycles. The number of benzene rings is 2. The van der Waals surface area contributed by atoms with Crippen molar-refractivity contribution in [2.24, 2.45) is 0 Å². The number of carbonyl (C=O) groups excluding carboxylic acids is 1. The van der Waals surface area contributed by atoms with Crippen LogP contribution >= 0.6 is 15.9 Å². The number of hydrogen-bond donors (Lipinski definition) is 2. The number of rotatable bonds is 5. The van der Waals surface area contributed by atoms with Crippen molar-refractivity contribution in [2.45, 2.75) is 6.92 Å². The van der Waals surface area contributed by atoms with Crippen LogP contribution in [0.5, 0.6) is 5.75 Å². The number of amides is 1. The van der Waals surface area contributed by atoms with Gasteiger partial charge in [-0.3, -0.25) is 4.79 Å². The predicted molar refractivity (Wildman–Crippen MR) is 87.6 cm³/mol. The lowest BCUT2D eigenvalue weighted by molar-refractivity contribution is 0.0946. The summed E-state index contributed by atoms with van der Waals surface area (Å²) in [5, 5.41) is 2.84. The molecule has 2 aromatic rings. The lowest BCUT2D eigenvalue weighted by atomic mass is 10.1. The quantitative estimate of drug-likeness (QED) is 0.644. The van der Waals surface area contributed by atoms with Gasteiger partial charge in [-0.2, -0.15) is 0 Å². The largest absolute Gasteiger partial charge is 0.492 e. The fourth-order valence-electron chi connectivity index (χ4n) is 1.85. The highest BCUT2D eigenvalue weighted by molar-refractivity contribution is 9.10. The molecule has 1 amide bonds. The molecule has 0 atom stereocenters. The van der Waals surface area contributed by atoms with E-state index in [1.54, 1.807) is 30.3 Å². The zero-order valence-corrected chi connectivity index (χ0v) is 13.3. The van der Waals surface area contributed by atoms with Crippen LogP contribution in [0, 0.1) is 6.92 Å². The summed E-state index contributed by atoms with van der Waals surface area (Å²) >= 11 is 3.42. The molecule has 0 saturated carbocycles. The third-order valence-corrected chi connectivity index (χ3v) is 3.91. The van der Waals surface area contributed by atoms with Crippen LogP contribution in [-0.2, 0) is 0 Å². The zero-order chi connectivity index (χ0) is 15.2. The van der Waals surface area contributed by atoms with Gasteiger partial charge >= 0.3 is 0 Å². The Balaban J connectivity index is 1.82. The van der Waals surface area contributed by atoms with E-state index in [1.807, 2.05) is 19.1 Å². The summed E-state index contributed by atoms with van der Waals surface area (Å²) < 4.78 is 6.45. The maximum absolute atomic E-state index is 12.1. The van der Waals surface area contributed by atoms with E-state index in [-0.39, 0.29) is 5.91 Å². The number of carbonyl (C=O) groups is 1. The van der Waals surface area contributed by atoms with Crippen LogP contribution in [0.2, 0.25) is 0 Å². The highest BCUT2D eigenvalue weighted by Crippen LogP contribution is 2.19. The molecular weight excluding hydrogens is 332 g/mol. The lowest BCUT2D eigenvalue weighted by Crippen LogP contribution is -2.28. The molecule has 0 aromatic heterocycles. The monoisotopic (exact) mass is 348 g/mol. The number of hydrogen-bond acceptors (Lipinski definition) is 3. The van der Waals surface area contributed by atoms with Gasteiger partial charge in [-0.05, 0) is 48.9 Å². The first-order valence-electron chi connectivity index (χ1n) is 6.59. The van der Waals surface area contributed by atoms with Crippen molar-refractivity contribution in [3.05, 3.63) is 58.1 Å². The van der Waals surface area contributed by atoms with Crippen LogP contribution in [0.15, 0.2) is 46.9 Å². The van der Waals surface area contributed by atoms with Gasteiger partial charge in [-0.25, -0.2) is 0 Å². The summed E-state index contributed by atoms with van der Waals surface area (Å²) in [6.45, 7) is 2.75. The van der Waals surface area contributed by atoms with E-state index in [0.717, 1.165) is 15.8 Å². The maximum atomic E-state index is 12.1. The number of nitrogens with one attached hydrogen (secondary N) is 1. The Morgan fingerprint density at radius 3 is 2.67 bits per heavy atom. The second-order valence-corrected chi connectivity index (χ2v) is 5.44. The molecule has 4 nitrogen and oxygen atoms in total. The van der Waals surface area contributed by atoms with Gasteiger partial charge in [0.2, 0.25) is 0 Å². The Labute approximate surface area is 132 Å². The van der Waals surface area contributed by atoms with Gasteiger partial charge in [-0.1, -0.05) is 22.0 Å². The van der Waals surface area contributed by atoms with Crippen molar-refractivity contribution in [2.75, 3.05) is 18.9 Å². The van der Waals surface area contributed by atoms with Gasteiger partial charge in [0.05, 0.1) is 6.54 Å². The smallest absolute Gasteiger partial charge is 0.251 e. The van der Waals surface area contributed by atoms with Gasteiger partial charge in [0.1, 0.15) is 12.4 Å². The molecule has 110 valence electrons. The van der Waals surface area contributed by atoms with E-state index in [2.05, 4.69) is 21.2 Å². The van der Waals surface area contributed by atoms with Crippen molar-refractivity contribution in [3.8, 4) is 5.75 Å². The molecule has 0 fully saturated rings. The van der Waals surface area contributed by atoms with E-state index in [0.29, 0.717) is 24.4 Å². The molecule has 0 spiro atoms. The minimum Gasteiger partial charge on any atom is -0.492 e. The number of ether oxygens (including phenoxy) is 1. The number of halogens is 1. The van der Waals surface area contributed by atoms with Crippen molar-refractivity contribution in [1.82, 2.24) is 5.32 Å². The minimum absolute atomic E-state index is 0.102. The highest BCUT2D eigenvalue weighted by Gasteiger charge is 2.09.